The maximum atomic E-state index is 13.2. The van der Waals surface area contributed by atoms with Crippen molar-refractivity contribution in [1.29, 1.82) is 0 Å². The van der Waals surface area contributed by atoms with Crippen molar-refractivity contribution >= 4 is 17.3 Å². The van der Waals surface area contributed by atoms with Crippen molar-refractivity contribution in [2.45, 2.75) is 6.54 Å². The number of halogens is 2. The summed E-state index contributed by atoms with van der Waals surface area (Å²) in [7, 11) is 0. The van der Waals surface area contributed by atoms with Crippen molar-refractivity contribution in [3.05, 3.63) is 89.8 Å². The average molecular weight is 339 g/mol. The van der Waals surface area contributed by atoms with Crippen LogP contribution in [0.4, 0.5) is 20.2 Å². The summed E-state index contributed by atoms with van der Waals surface area (Å²) in [5.74, 6) is -2.50. The Morgan fingerprint density at radius 2 is 1.72 bits per heavy atom. The van der Waals surface area contributed by atoms with Crippen LogP contribution in [0.25, 0.3) is 0 Å². The molecule has 1 aromatic heterocycles. The Kier molecular flexibility index (Phi) is 4.99. The van der Waals surface area contributed by atoms with Gasteiger partial charge in [-0.25, -0.2) is 8.78 Å². The Labute approximate surface area is 143 Å². The van der Waals surface area contributed by atoms with E-state index in [2.05, 4.69) is 15.6 Å². The standard InChI is InChI=1S/C19H15F2N3O/c20-16-7-6-15(10-17(16)21)24-19(25)18-11-14(8-9-22-18)23-12-13-4-2-1-3-5-13/h1-11H,12H2,(H,22,23)(H,24,25). The minimum Gasteiger partial charge on any atom is -0.381 e. The Balaban J connectivity index is 1.67. The molecular weight excluding hydrogens is 324 g/mol. The molecule has 0 saturated heterocycles. The summed E-state index contributed by atoms with van der Waals surface area (Å²) in [5, 5.41) is 5.70. The van der Waals surface area contributed by atoms with Crippen molar-refractivity contribution < 1.29 is 13.6 Å². The van der Waals surface area contributed by atoms with E-state index in [1.54, 1.807) is 12.1 Å². The highest BCUT2D eigenvalue weighted by Gasteiger charge is 2.10. The number of benzene rings is 2. The van der Waals surface area contributed by atoms with Crippen LogP contribution in [-0.2, 0) is 6.54 Å². The summed E-state index contributed by atoms with van der Waals surface area (Å²) in [6, 6.07) is 16.3. The molecule has 4 nitrogen and oxygen atoms in total. The molecule has 0 aliphatic heterocycles. The van der Waals surface area contributed by atoms with Crippen LogP contribution in [0.15, 0.2) is 66.9 Å². The highest BCUT2D eigenvalue weighted by atomic mass is 19.2. The molecule has 1 heterocycles. The minimum absolute atomic E-state index is 0.161. The van der Waals surface area contributed by atoms with Gasteiger partial charge in [-0.15, -0.1) is 0 Å². The molecule has 25 heavy (non-hydrogen) atoms. The summed E-state index contributed by atoms with van der Waals surface area (Å²) in [6.45, 7) is 0.606. The zero-order valence-electron chi connectivity index (χ0n) is 13.2. The number of carbonyl (C=O) groups is 1. The van der Waals surface area contributed by atoms with Gasteiger partial charge in [-0.3, -0.25) is 9.78 Å². The molecule has 3 rings (SSSR count). The van der Waals surface area contributed by atoms with Crippen LogP contribution < -0.4 is 10.6 Å². The highest BCUT2D eigenvalue weighted by Crippen LogP contribution is 2.15. The molecule has 0 bridgehead atoms. The summed E-state index contributed by atoms with van der Waals surface area (Å²) in [4.78, 5) is 16.2. The number of aromatic nitrogens is 1. The molecule has 2 aromatic carbocycles. The van der Waals surface area contributed by atoms with Gasteiger partial charge in [0.2, 0.25) is 0 Å². The van der Waals surface area contributed by atoms with E-state index in [0.29, 0.717) is 6.54 Å². The second kappa shape index (κ2) is 7.53. The molecule has 0 fully saturated rings. The van der Waals surface area contributed by atoms with Crippen molar-refractivity contribution in [3.8, 4) is 0 Å². The predicted molar refractivity (Wildman–Crippen MR) is 92.3 cm³/mol. The number of carbonyl (C=O) groups excluding carboxylic acids is 1. The third-order valence-electron chi connectivity index (χ3n) is 3.51. The normalized spacial score (nSPS) is 10.3. The molecule has 0 saturated carbocycles. The van der Waals surface area contributed by atoms with Gasteiger partial charge in [0.1, 0.15) is 5.69 Å². The first-order valence-corrected chi connectivity index (χ1v) is 7.62. The molecular formula is C19H15F2N3O. The molecule has 0 atom stereocenters. The Bertz CT molecular complexity index is 885. The monoisotopic (exact) mass is 339 g/mol. The summed E-state index contributed by atoms with van der Waals surface area (Å²) < 4.78 is 26.1. The summed E-state index contributed by atoms with van der Waals surface area (Å²) in [6.07, 6.45) is 1.51. The topological polar surface area (TPSA) is 54.0 Å². The summed E-state index contributed by atoms with van der Waals surface area (Å²) in [5.41, 5.74) is 2.16. The number of nitrogens with one attached hydrogen (secondary N) is 2. The number of hydrogen-bond acceptors (Lipinski definition) is 3. The smallest absolute Gasteiger partial charge is 0.274 e. The van der Waals surface area contributed by atoms with E-state index in [1.165, 1.54) is 12.3 Å². The quantitative estimate of drug-likeness (QED) is 0.732. The molecule has 6 heteroatoms. The lowest BCUT2D eigenvalue weighted by Crippen LogP contribution is -2.14. The van der Waals surface area contributed by atoms with Crippen LogP contribution in [0.5, 0.6) is 0 Å². The lowest BCUT2D eigenvalue weighted by Gasteiger charge is -2.09. The van der Waals surface area contributed by atoms with E-state index in [9.17, 15) is 13.6 Å². The Morgan fingerprint density at radius 1 is 0.920 bits per heavy atom. The third kappa shape index (κ3) is 4.38. The fourth-order valence-electron chi connectivity index (χ4n) is 2.23. The molecule has 0 aliphatic carbocycles. The Hall–Kier alpha value is -3.28. The number of pyridine rings is 1. The third-order valence-corrected chi connectivity index (χ3v) is 3.51. The van der Waals surface area contributed by atoms with Gasteiger partial charge >= 0.3 is 0 Å². The van der Waals surface area contributed by atoms with E-state index in [1.807, 2.05) is 30.3 Å². The number of nitrogens with zero attached hydrogens (tertiary/aromatic N) is 1. The maximum absolute atomic E-state index is 13.2. The van der Waals surface area contributed by atoms with Crippen molar-refractivity contribution in [3.63, 3.8) is 0 Å². The van der Waals surface area contributed by atoms with Gasteiger partial charge in [-0.1, -0.05) is 30.3 Å². The number of anilines is 2. The summed E-state index contributed by atoms with van der Waals surface area (Å²) >= 11 is 0. The molecule has 2 N–H and O–H groups in total. The first-order valence-electron chi connectivity index (χ1n) is 7.62. The van der Waals surface area contributed by atoms with Crippen LogP contribution in [0.3, 0.4) is 0 Å². The lowest BCUT2D eigenvalue weighted by molar-refractivity contribution is 0.102. The van der Waals surface area contributed by atoms with E-state index < -0.39 is 17.5 Å². The molecule has 126 valence electrons. The number of rotatable bonds is 5. The highest BCUT2D eigenvalue weighted by molar-refractivity contribution is 6.03. The molecule has 1 amide bonds. The second-order valence-corrected chi connectivity index (χ2v) is 5.35. The minimum atomic E-state index is -1.02. The van der Waals surface area contributed by atoms with Crippen LogP contribution in [-0.4, -0.2) is 10.9 Å². The molecule has 3 aromatic rings. The zero-order chi connectivity index (χ0) is 17.6. The lowest BCUT2D eigenvalue weighted by atomic mass is 10.2. The van der Waals surface area contributed by atoms with Crippen LogP contribution in [0.1, 0.15) is 16.1 Å². The van der Waals surface area contributed by atoms with Crippen LogP contribution in [0.2, 0.25) is 0 Å². The first kappa shape index (κ1) is 16.6. The van der Waals surface area contributed by atoms with Gasteiger partial charge in [-0.05, 0) is 29.8 Å². The second-order valence-electron chi connectivity index (χ2n) is 5.35. The van der Waals surface area contributed by atoms with Gasteiger partial charge in [0.25, 0.3) is 5.91 Å². The van der Waals surface area contributed by atoms with E-state index in [-0.39, 0.29) is 11.4 Å². The van der Waals surface area contributed by atoms with Gasteiger partial charge in [0, 0.05) is 30.2 Å². The van der Waals surface area contributed by atoms with E-state index in [4.69, 9.17) is 0 Å². The zero-order valence-corrected chi connectivity index (χ0v) is 13.2. The largest absolute Gasteiger partial charge is 0.381 e. The van der Waals surface area contributed by atoms with Gasteiger partial charge in [0.05, 0.1) is 0 Å². The number of amides is 1. The van der Waals surface area contributed by atoms with Crippen molar-refractivity contribution in [2.75, 3.05) is 10.6 Å². The number of hydrogen-bond donors (Lipinski definition) is 2. The fourth-order valence-corrected chi connectivity index (χ4v) is 2.23. The van der Waals surface area contributed by atoms with Crippen molar-refractivity contribution in [1.82, 2.24) is 4.98 Å². The van der Waals surface area contributed by atoms with Crippen LogP contribution >= 0.6 is 0 Å². The van der Waals surface area contributed by atoms with Gasteiger partial charge < -0.3 is 10.6 Å². The molecule has 0 unspecified atom stereocenters. The van der Waals surface area contributed by atoms with E-state index in [0.717, 1.165) is 23.4 Å². The average Bonchev–Trinajstić information content (AvgIpc) is 2.64. The van der Waals surface area contributed by atoms with Gasteiger partial charge in [0.15, 0.2) is 11.6 Å². The van der Waals surface area contributed by atoms with Crippen molar-refractivity contribution in [2.24, 2.45) is 0 Å². The Morgan fingerprint density at radius 3 is 2.48 bits per heavy atom. The predicted octanol–water partition coefficient (Wildman–Crippen LogP) is 4.22. The van der Waals surface area contributed by atoms with Gasteiger partial charge in [-0.2, -0.15) is 0 Å². The molecule has 0 spiro atoms. The molecule has 0 radical (unpaired) electrons. The first-order chi connectivity index (χ1) is 12.1. The molecule has 0 aliphatic rings. The van der Waals surface area contributed by atoms with E-state index >= 15 is 0 Å². The maximum Gasteiger partial charge on any atom is 0.274 e. The fraction of sp³-hybridized carbons (Fsp3) is 0.0526. The van der Waals surface area contributed by atoms with Crippen LogP contribution in [0, 0.1) is 11.6 Å². The SMILES string of the molecule is O=C(Nc1ccc(F)c(F)c1)c1cc(NCc2ccccc2)ccn1.